The number of carbonyl (C=O) groups excluding carboxylic acids is 1. The summed E-state index contributed by atoms with van der Waals surface area (Å²) in [5.41, 5.74) is 1.14. The summed E-state index contributed by atoms with van der Waals surface area (Å²) in [7, 11) is 1.61. The van der Waals surface area contributed by atoms with Crippen molar-refractivity contribution in [1.82, 2.24) is 5.32 Å². The summed E-state index contributed by atoms with van der Waals surface area (Å²) >= 11 is 3.47. The van der Waals surface area contributed by atoms with Gasteiger partial charge < -0.3 is 15.4 Å². The fourth-order valence-corrected chi connectivity index (χ4v) is 2.70. The monoisotopic (exact) mass is 326 g/mol. The molecule has 1 fully saturated rings. The number of methoxy groups -OCH3 is 1. The topological polar surface area (TPSA) is 50.4 Å². The van der Waals surface area contributed by atoms with Crippen molar-refractivity contribution in [3.05, 3.63) is 28.2 Å². The van der Waals surface area contributed by atoms with Gasteiger partial charge in [-0.2, -0.15) is 0 Å². The molecule has 0 spiro atoms. The molecule has 1 aliphatic heterocycles. The van der Waals surface area contributed by atoms with E-state index in [1.54, 1.807) is 7.11 Å². The zero-order valence-electron chi connectivity index (χ0n) is 11.3. The molecule has 19 heavy (non-hydrogen) atoms. The summed E-state index contributed by atoms with van der Waals surface area (Å²) in [6.45, 7) is 3.58. The molecule has 0 unspecified atom stereocenters. The van der Waals surface area contributed by atoms with Crippen molar-refractivity contribution in [1.29, 1.82) is 0 Å². The number of hydrogen-bond donors (Lipinski definition) is 2. The molecule has 0 bridgehead atoms. The average molecular weight is 327 g/mol. The highest BCUT2D eigenvalue weighted by Crippen LogP contribution is 2.28. The van der Waals surface area contributed by atoms with E-state index in [2.05, 4.69) is 26.6 Å². The highest BCUT2D eigenvalue weighted by molar-refractivity contribution is 9.10. The van der Waals surface area contributed by atoms with Crippen LogP contribution in [0.5, 0.6) is 0 Å². The lowest BCUT2D eigenvalue weighted by Crippen LogP contribution is -2.51. The summed E-state index contributed by atoms with van der Waals surface area (Å²) in [4.78, 5) is 12.5. The number of anilines is 1. The van der Waals surface area contributed by atoms with Gasteiger partial charge in [0.1, 0.15) is 5.60 Å². The van der Waals surface area contributed by atoms with Crippen LogP contribution in [0.1, 0.15) is 18.4 Å². The van der Waals surface area contributed by atoms with Gasteiger partial charge in [-0.1, -0.05) is 22.0 Å². The van der Waals surface area contributed by atoms with Gasteiger partial charge >= 0.3 is 0 Å². The standard InChI is InChI=1S/C14H19BrN2O2/c1-10-11(15)4-3-5-12(10)17-13(18)14(19-2)6-8-16-9-7-14/h3-5,16H,6-9H2,1-2H3,(H,17,18). The van der Waals surface area contributed by atoms with Gasteiger partial charge in [-0.15, -0.1) is 0 Å². The van der Waals surface area contributed by atoms with Gasteiger partial charge in [0.05, 0.1) is 0 Å². The molecule has 4 nitrogen and oxygen atoms in total. The second kappa shape index (κ2) is 6.03. The van der Waals surface area contributed by atoms with Gasteiger partial charge in [0.25, 0.3) is 5.91 Å². The quantitative estimate of drug-likeness (QED) is 0.897. The molecule has 1 aromatic rings. The van der Waals surface area contributed by atoms with Crippen LogP contribution in [-0.4, -0.2) is 31.7 Å². The maximum absolute atomic E-state index is 12.5. The van der Waals surface area contributed by atoms with Crippen LogP contribution in [-0.2, 0) is 9.53 Å². The smallest absolute Gasteiger partial charge is 0.256 e. The summed E-state index contributed by atoms with van der Waals surface area (Å²) < 4.78 is 6.51. The summed E-state index contributed by atoms with van der Waals surface area (Å²) in [5, 5.41) is 6.24. The van der Waals surface area contributed by atoms with Gasteiger partial charge in [0.15, 0.2) is 0 Å². The van der Waals surface area contributed by atoms with Crippen LogP contribution in [0, 0.1) is 6.92 Å². The van der Waals surface area contributed by atoms with Crippen molar-refractivity contribution < 1.29 is 9.53 Å². The molecule has 1 heterocycles. The number of amides is 1. The minimum absolute atomic E-state index is 0.0577. The Bertz CT molecular complexity index is 471. The maximum Gasteiger partial charge on any atom is 0.256 e. The molecule has 0 radical (unpaired) electrons. The number of piperidine rings is 1. The molecule has 5 heteroatoms. The highest BCUT2D eigenvalue weighted by atomic mass is 79.9. The number of nitrogens with one attached hydrogen (secondary N) is 2. The third kappa shape index (κ3) is 2.99. The van der Waals surface area contributed by atoms with E-state index in [0.717, 1.165) is 28.8 Å². The summed E-state index contributed by atoms with van der Waals surface area (Å²) in [6.07, 6.45) is 1.39. The zero-order chi connectivity index (χ0) is 13.9. The highest BCUT2D eigenvalue weighted by Gasteiger charge is 2.39. The van der Waals surface area contributed by atoms with Crippen LogP contribution in [0.3, 0.4) is 0 Å². The molecule has 2 rings (SSSR count). The Morgan fingerprint density at radius 2 is 2.11 bits per heavy atom. The predicted molar refractivity (Wildman–Crippen MR) is 79.4 cm³/mol. The van der Waals surface area contributed by atoms with E-state index in [0.29, 0.717) is 12.8 Å². The van der Waals surface area contributed by atoms with Gasteiger partial charge in [-0.25, -0.2) is 0 Å². The van der Waals surface area contributed by atoms with Crippen LogP contribution < -0.4 is 10.6 Å². The number of rotatable bonds is 3. The van der Waals surface area contributed by atoms with Crippen LogP contribution in [0.25, 0.3) is 0 Å². The lowest BCUT2D eigenvalue weighted by Gasteiger charge is -2.34. The van der Waals surface area contributed by atoms with Gasteiger partial charge in [-0.05, 0) is 50.6 Å². The number of ether oxygens (including phenoxy) is 1. The van der Waals surface area contributed by atoms with E-state index in [-0.39, 0.29) is 5.91 Å². The largest absolute Gasteiger partial charge is 0.368 e. The number of hydrogen-bond acceptors (Lipinski definition) is 3. The van der Waals surface area contributed by atoms with Crippen molar-refractivity contribution >= 4 is 27.5 Å². The Morgan fingerprint density at radius 1 is 1.42 bits per heavy atom. The van der Waals surface area contributed by atoms with Crippen molar-refractivity contribution in [2.75, 3.05) is 25.5 Å². The Kier molecular flexibility index (Phi) is 4.60. The Balaban J connectivity index is 2.17. The van der Waals surface area contributed by atoms with Gasteiger partial charge in [0.2, 0.25) is 0 Å². The maximum atomic E-state index is 12.5. The van der Waals surface area contributed by atoms with E-state index in [4.69, 9.17) is 4.74 Å². The molecule has 1 aromatic carbocycles. The van der Waals surface area contributed by atoms with Crippen molar-refractivity contribution in [2.24, 2.45) is 0 Å². The third-order valence-corrected chi connectivity index (χ3v) is 4.59. The molecule has 1 saturated heterocycles. The first-order valence-corrected chi connectivity index (χ1v) is 7.21. The second-order valence-corrected chi connectivity index (χ2v) is 5.67. The number of carbonyl (C=O) groups is 1. The lowest BCUT2D eigenvalue weighted by atomic mass is 9.91. The van der Waals surface area contributed by atoms with Gasteiger partial charge in [0, 0.05) is 17.3 Å². The fourth-order valence-electron chi connectivity index (χ4n) is 2.33. The predicted octanol–water partition coefficient (Wildman–Crippen LogP) is 2.46. The van der Waals surface area contributed by atoms with Crippen molar-refractivity contribution in [3.63, 3.8) is 0 Å². The molecule has 1 aliphatic rings. The molecule has 0 saturated carbocycles. The van der Waals surface area contributed by atoms with E-state index < -0.39 is 5.60 Å². The molecule has 104 valence electrons. The molecular formula is C14H19BrN2O2. The zero-order valence-corrected chi connectivity index (χ0v) is 12.8. The third-order valence-electron chi connectivity index (χ3n) is 3.73. The van der Waals surface area contributed by atoms with E-state index in [9.17, 15) is 4.79 Å². The first-order valence-electron chi connectivity index (χ1n) is 6.41. The number of halogens is 1. The first-order chi connectivity index (χ1) is 9.09. The Morgan fingerprint density at radius 3 is 2.74 bits per heavy atom. The lowest BCUT2D eigenvalue weighted by molar-refractivity contribution is -0.140. The SMILES string of the molecule is COC1(C(=O)Nc2cccc(Br)c2C)CCNCC1. The molecule has 0 atom stereocenters. The van der Waals surface area contributed by atoms with Crippen LogP contribution >= 0.6 is 15.9 Å². The van der Waals surface area contributed by atoms with Crippen LogP contribution in [0.2, 0.25) is 0 Å². The molecule has 2 N–H and O–H groups in total. The van der Waals surface area contributed by atoms with E-state index in [1.807, 2.05) is 25.1 Å². The fraction of sp³-hybridized carbons (Fsp3) is 0.500. The molecule has 0 aliphatic carbocycles. The summed E-state index contributed by atoms with van der Waals surface area (Å²) in [5.74, 6) is -0.0577. The van der Waals surface area contributed by atoms with E-state index in [1.165, 1.54) is 0 Å². The first kappa shape index (κ1) is 14.5. The molecular weight excluding hydrogens is 308 g/mol. The average Bonchev–Trinajstić information content (AvgIpc) is 2.44. The van der Waals surface area contributed by atoms with Crippen LogP contribution in [0.15, 0.2) is 22.7 Å². The number of benzene rings is 1. The van der Waals surface area contributed by atoms with Gasteiger partial charge in [-0.3, -0.25) is 4.79 Å². The van der Waals surface area contributed by atoms with Crippen molar-refractivity contribution in [2.45, 2.75) is 25.4 Å². The second-order valence-electron chi connectivity index (χ2n) is 4.81. The molecule has 0 aromatic heterocycles. The van der Waals surface area contributed by atoms with E-state index >= 15 is 0 Å². The Hall–Kier alpha value is -0.910. The Labute approximate surface area is 122 Å². The normalized spacial score (nSPS) is 18.1. The minimum Gasteiger partial charge on any atom is -0.368 e. The summed E-state index contributed by atoms with van der Waals surface area (Å²) in [6, 6.07) is 5.78. The van der Waals surface area contributed by atoms with Crippen LogP contribution in [0.4, 0.5) is 5.69 Å². The van der Waals surface area contributed by atoms with Crippen molar-refractivity contribution in [3.8, 4) is 0 Å². The molecule has 1 amide bonds. The minimum atomic E-state index is -0.708.